The third-order valence-electron chi connectivity index (χ3n) is 5.62. The predicted octanol–water partition coefficient (Wildman–Crippen LogP) is 3.00. The van der Waals surface area contributed by atoms with Gasteiger partial charge in [-0.3, -0.25) is 9.97 Å². The zero-order chi connectivity index (χ0) is 24.0. The number of morpholine rings is 1. The summed E-state index contributed by atoms with van der Waals surface area (Å²) in [5.41, 5.74) is 2.88. The molecule has 1 aliphatic rings. The SMILES string of the molecule is CN(C)CCOc1ccnc(-c2nccc3cnc(Nc4ccc(N5CCOCC5)nc4)nc23)c1. The number of aromatic nitrogens is 5. The van der Waals surface area contributed by atoms with E-state index in [-0.39, 0.29) is 0 Å². The Labute approximate surface area is 204 Å². The van der Waals surface area contributed by atoms with E-state index in [4.69, 9.17) is 14.5 Å². The van der Waals surface area contributed by atoms with Crippen molar-refractivity contribution in [1.82, 2.24) is 29.8 Å². The van der Waals surface area contributed by atoms with Crippen LogP contribution in [0, 0.1) is 0 Å². The summed E-state index contributed by atoms with van der Waals surface area (Å²) in [5, 5.41) is 4.13. The molecule has 10 heteroatoms. The summed E-state index contributed by atoms with van der Waals surface area (Å²) in [6.07, 6.45) is 7.04. The first-order chi connectivity index (χ1) is 17.2. The maximum atomic E-state index is 5.88. The molecule has 0 unspecified atom stereocenters. The van der Waals surface area contributed by atoms with Crippen LogP contribution in [0.4, 0.5) is 17.5 Å². The summed E-state index contributed by atoms with van der Waals surface area (Å²) in [6, 6.07) is 9.60. The molecule has 1 fully saturated rings. The van der Waals surface area contributed by atoms with Crippen molar-refractivity contribution in [3.63, 3.8) is 0 Å². The third kappa shape index (κ3) is 5.61. The molecule has 0 atom stereocenters. The number of rotatable bonds is 8. The third-order valence-corrected chi connectivity index (χ3v) is 5.62. The van der Waals surface area contributed by atoms with Gasteiger partial charge >= 0.3 is 0 Å². The van der Waals surface area contributed by atoms with E-state index in [1.54, 1.807) is 24.8 Å². The molecule has 5 rings (SSSR count). The molecule has 0 aromatic carbocycles. The minimum atomic E-state index is 0.464. The van der Waals surface area contributed by atoms with Gasteiger partial charge in [0.2, 0.25) is 5.95 Å². The van der Waals surface area contributed by atoms with Gasteiger partial charge in [-0.2, -0.15) is 0 Å². The molecular formula is C25H28N8O2. The standard InChI is InChI=1S/C25H28N8O2/c1-32(2)9-14-35-20-6-8-26-21(15-20)24-23-18(5-7-27-24)16-29-25(31-23)30-19-3-4-22(28-17-19)33-10-12-34-13-11-33/h3-8,15-17H,9-14H2,1-2H3,(H,29,30,31). The van der Waals surface area contributed by atoms with Crippen LogP contribution in [0.2, 0.25) is 0 Å². The average Bonchev–Trinajstić information content (AvgIpc) is 2.89. The van der Waals surface area contributed by atoms with Crippen molar-refractivity contribution in [1.29, 1.82) is 0 Å². The quantitative estimate of drug-likeness (QED) is 0.412. The Balaban J connectivity index is 1.37. The van der Waals surface area contributed by atoms with Crippen LogP contribution >= 0.6 is 0 Å². The molecule has 1 saturated heterocycles. The summed E-state index contributed by atoms with van der Waals surface area (Å²) in [6.45, 7) is 4.56. The smallest absolute Gasteiger partial charge is 0.227 e. The molecule has 0 saturated carbocycles. The highest BCUT2D eigenvalue weighted by molar-refractivity contribution is 5.90. The number of nitrogens with one attached hydrogen (secondary N) is 1. The van der Waals surface area contributed by atoms with Crippen LogP contribution in [-0.2, 0) is 4.74 Å². The van der Waals surface area contributed by atoms with E-state index >= 15 is 0 Å². The van der Waals surface area contributed by atoms with Crippen LogP contribution in [0.25, 0.3) is 22.3 Å². The summed E-state index contributed by atoms with van der Waals surface area (Å²) in [4.78, 5) is 27.2. The second-order valence-electron chi connectivity index (χ2n) is 8.45. The van der Waals surface area contributed by atoms with Gasteiger partial charge in [-0.1, -0.05) is 0 Å². The Morgan fingerprint density at radius 3 is 2.66 bits per heavy atom. The number of hydrogen-bond acceptors (Lipinski definition) is 10. The molecule has 10 nitrogen and oxygen atoms in total. The van der Waals surface area contributed by atoms with Gasteiger partial charge < -0.3 is 24.6 Å². The van der Waals surface area contributed by atoms with Gasteiger partial charge in [-0.15, -0.1) is 0 Å². The highest BCUT2D eigenvalue weighted by Crippen LogP contribution is 2.27. The van der Waals surface area contributed by atoms with E-state index in [0.29, 0.717) is 29.5 Å². The molecule has 35 heavy (non-hydrogen) atoms. The van der Waals surface area contributed by atoms with Crippen molar-refractivity contribution in [2.45, 2.75) is 0 Å². The highest BCUT2D eigenvalue weighted by Gasteiger charge is 2.13. The number of ether oxygens (including phenoxy) is 2. The first-order valence-corrected chi connectivity index (χ1v) is 11.6. The molecule has 1 aliphatic heterocycles. The Morgan fingerprint density at radius 2 is 1.86 bits per heavy atom. The Morgan fingerprint density at radius 1 is 1.00 bits per heavy atom. The Kier molecular flexibility index (Phi) is 6.92. The lowest BCUT2D eigenvalue weighted by atomic mass is 10.2. The minimum Gasteiger partial charge on any atom is -0.492 e. The normalized spacial score (nSPS) is 13.9. The van der Waals surface area contributed by atoms with Gasteiger partial charge in [-0.05, 0) is 38.4 Å². The van der Waals surface area contributed by atoms with E-state index in [1.165, 1.54) is 0 Å². The van der Waals surface area contributed by atoms with Crippen molar-refractivity contribution in [3.8, 4) is 17.1 Å². The van der Waals surface area contributed by atoms with Crippen LogP contribution < -0.4 is 15.0 Å². The van der Waals surface area contributed by atoms with E-state index in [2.05, 4.69) is 35.1 Å². The largest absolute Gasteiger partial charge is 0.492 e. The number of pyridine rings is 3. The second kappa shape index (κ2) is 10.6. The lowest BCUT2D eigenvalue weighted by molar-refractivity contribution is 0.122. The van der Waals surface area contributed by atoms with Crippen molar-refractivity contribution in [2.24, 2.45) is 0 Å². The Hall–Kier alpha value is -3.89. The van der Waals surface area contributed by atoms with Crippen molar-refractivity contribution < 1.29 is 9.47 Å². The maximum Gasteiger partial charge on any atom is 0.227 e. The number of hydrogen-bond donors (Lipinski definition) is 1. The van der Waals surface area contributed by atoms with Crippen molar-refractivity contribution in [2.75, 3.05) is 63.8 Å². The number of fused-ring (bicyclic) bond motifs is 1. The van der Waals surface area contributed by atoms with Crippen LogP contribution in [-0.4, -0.2) is 83.4 Å². The van der Waals surface area contributed by atoms with E-state index < -0.39 is 0 Å². The number of likely N-dealkylation sites (N-methyl/N-ethyl adjacent to an activating group) is 1. The van der Waals surface area contributed by atoms with Gasteiger partial charge in [0, 0.05) is 49.7 Å². The Bertz CT molecular complexity index is 1280. The van der Waals surface area contributed by atoms with E-state index in [0.717, 1.165) is 55.5 Å². The molecule has 0 bridgehead atoms. The second-order valence-corrected chi connectivity index (χ2v) is 8.45. The molecule has 5 heterocycles. The molecule has 0 radical (unpaired) electrons. The lowest BCUT2D eigenvalue weighted by Gasteiger charge is -2.27. The molecule has 4 aromatic rings. The van der Waals surface area contributed by atoms with Crippen LogP contribution in [0.15, 0.2) is 55.1 Å². The van der Waals surface area contributed by atoms with E-state index in [9.17, 15) is 0 Å². The first kappa shape index (κ1) is 22.9. The maximum absolute atomic E-state index is 5.88. The highest BCUT2D eigenvalue weighted by atomic mass is 16.5. The van der Waals surface area contributed by atoms with Crippen molar-refractivity contribution in [3.05, 3.63) is 55.1 Å². The number of anilines is 3. The topological polar surface area (TPSA) is 101 Å². The average molecular weight is 473 g/mol. The molecule has 1 N–H and O–H groups in total. The molecule has 0 amide bonds. The molecule has 180 valence electrons. The first-order valence-electron chi connectivity index (χ1n) is 11.6. The van der Waals surface area contributed by atoms with Gasteiger partial charge in [0.15, 0.2) is 0 Å². The summed E-state index contributed by atoms with van der Waals surface area (Å²) >= 11 is 0. The van der Waals surface area contributed by atoms with E-state index in [1.807, 2.05) is 44.4 Å². The zero-order valence-electron chi connectivity index (χ0n) is 19.9. The molecule has 0 spiro atoms. The monoisotopic (exact) mass is 472 g/mol. The molecule has 0 aliphatic carbocycles. The number of nitrogens with zero attached hydrogens (tertiary/aromatic N) is 7. The fourth-order valence-corrected chi connectivity index (χ4v) is 3.75. The minimum absolute atomic E-state index is 0.464. The van der Waals surface area contributed by atoms with Gasteiger partial charge in [0.25, 0.3) is 0 Å². The van der Waals surface area contributed by atoms with Crippen LogP contribution in [0.5, 0.6) is 5.75 Å². The molecule has 4 aromatic heterocycles. The fourth-order valence-electron chi connectivity index (χ4n) is 3.75. The fraction of sp³-hybridized carbons (Fsp3) is 0.320. The zero-order valence-corrected chi connectivity index (χ0v) is 19.9. The predicted molar refractivity (Wildman–Crippen MR) is 135 cm³/mol. The van der Waals surface area contributed by atoms with Gasteiger partial charge in [-0.25, -0.2) is 15.0 Å². The summed E-state index contributed by atoms with van der Waals surface area (Å²) < 4.78 is 11.3. The van der Waals surface area contributed by atoms with Crippen molar-refractivity contribution >= 4 is 28.4 Å². The summed E-state index contributed by atoms with van der Waals surface area (Å²) in [5.74, 6) is 2.14. The van der Waals surface area contributed by atoms with Gasteiger partial charge in [0.05, 0.1) is 30.8 Å². The lowest BCUT2D eigenvalue weighted by Crippen LogP contribution is -2.36. The molecular weight excluding hydrogens is 444 g/mol. The van der Waals surface area contributed by atoms with Crippen LogP contribution in [0.1, 0.15) is 0 Å². The van der Waals surface area contributed by atoms with Gasteiger partial charge in [0.1, 0.15) is 29.4 Å². The summed E-state index contributed by atoms with van der Waals surface area (Å²) in [7, 11) is 4.03. The van der Waals surface area contributed by atoms with Crippen LogP contribution in [0.3, 0.4) is 0 Å².